The lowest BCUT2D eigenvalue weighted by Gasteiger charge is -1.98. The smallest absolute Gasteiger partial charge is 0.143 e. The second kappa shape index (κ2) is 3.21. The number of aromatic amines is 1. The zero-order valence-corrected chi connectivity index (χ0v) is 8.79. The van der Waals surface area contributed by atoms with Gasteiger partial charge in [-0.2, -0.15) is 0 Å². The number of thiol groups is 1. The summed E-state index contributed by atoms with van der Waals surface area (Å²) in [5, 5.41) is 1.11. The summed E-state index contributed by atoms with van der Waals surface area (Å²) in [6.07, 6.45) is 3.57. The molecule has 0 saturated heterocycles. The second-order valence-electron chi connectivity index (χ2n) is 3.42. The SMILES string of the molecule is Sc1c[nH]c(-c2cccc3ccoc23)c1. The maximum Gasteiger partial charge on any atom is 0.143 e. The fourth-order valence-corrected chi connectivity index (χ4v) is 1.94. The Balaban J connectivity index is 2.30. The lowest BCUT2D eigenvalue weighted by Crippen LogP contribution is -1.76. The minimum atomic E-state index is 0.910. The first-order chi connectivity index (χ1) is 7.34. The highest BCUT2D eigenvalue weighted by molar-refractivity contribution is 7.80. The van der Waals surface area contributed by atoms with E-state index in [1.807, 2.05) is 36.5 Å². The molecule has 0 aliphatic carbocycles. The van der Waals surface area contributed by atoms with E-state index in [4.69, 9.17) is 4.42 Å². The van der Waals surface area contributed by atoms with Crippen LogP contribution in [0.1, 0.15) is 0 Å². The van der Waals surface area contributed by atoms with Crippen molar-refractivity contribution in [2.75, 3.05) is 0 Å². The molecule has 1 aromatic carbocycles. The molecule has 0 aliphatic rings. The number of benzene rings is 1. The molecule has 0 radical (unpaired) electrons. The van der Waals surface area contributed by atoms with Crippen molar-refractivity contribution in [3.8, 4) is 11.3 Å². The molecule has 74 valence electrons. The van der Waals surface area contributed by atoms with Crippen molar-refractivity contribution in [3.63, 3.8) is 0 Å². The van der Waals surface area contributed by atoms with Crippen LogP contribution in [0.4, 0.5) is 0 Å². The number of nitrogens with one attached hydrogen (secondary N) is 1. The van der Waals surface area contributed by atoms with Gasteiger partial charge in [-0.3, -0.25) is 0 Å². The molecule has 2 heterocycles. The summed E-state index contributed by atoms with van der Waals surface area (Å²) in [6, 6.07) is 10.0. The number of hydrogen-bond acceptors (Lipinski definition) is 2. The molecule has 0 amide bonds. The third-order valence-electron chi connectivity index (χ3n) is 2.44. The first-order valence-electron chi connectivity index (χ1n) is 4.68. The first kappa shape index (κ1) is 8.68. The highest BCUT2D eigenvalue weighted by Gasteiger charge is 2.07. The van der Waals surface area contributed by atoms with E-state index in [2.05, 4.69) is 17.6 Å². The molecular weight excluding hydrogens is 206 g/mol. The van der Waals surface area contributed by atoms with Crippen molar-refractivity contribution in [1.82, 2.24) is 4.98 Å². The number of fused-ring (bicyclic) bond motifs is 1. The number of rotatable bonds is 1. The zero-order valence-electron chi connectivity index (χ0n) is 7.90. The average molecular weight is 215 g/mol. The number of furan rings is 1. The summed E-state index contributed by atoms with van der Waals surface area (Å²) < 4.78 is 5.47. The predicted octanol–water partition coefficient (Wildman–Crippen LogP) is 3.72. The molecule has 3 heteroatoms. The van der Waals surface area contributed by atoms with Crippen LogP contribution in [-0.4, -0.2) is 4.98 Å². The predicted molar refractivity (Wildman–Crippen MR) is 63.3 cm³/mol. The third kappa shape index (κ3) is 1.36. The molecule has 0 spiro atoms. The van der Waals surface area contributed by atoms with Gasteiger partial charge in [0.15, 0.2) is 0 Å². The van der Waals surface area contributed by atoms with E-state index in [0.717, 1.165) is 27.1 Å². The maximum absolute atomic E-state index is 5.47. The van der Waals surface area contributed by atoms with Crippen LogP contribution in [0.25, 0.3) is 22.2 Å². The number of H-pyrrole nitrogens is 1. The summed E-state index contributed by atoms with van der Waals surface area (Å²) in [6.45, 7) is 0. The van der Waals surface area contributed by atoms with Crippen LogP contribution in [0.5, 0.6) is 0 Å². The van der Waals surface area contributed by atoms with E-state index in [0.29, 0.717) is 0 Å². The van der Waals surface area contributed by atoms with Gasteiger partial charge in [0, 0.05) is 22.0 Å². The van der Waals surface area contributed by atoms with Gasteiger partial charge in [-0.15, -0.1) is 12.6 Å². The van der Waals surface area contributed by atoms with Crippen molar-refractivity contribution < 1.29 is 4.42 Å². The van der Waals surface area contributed by atoms with Gasteiger partial charge in [-0.25, -0.2) is 0 Å². The van der Waals surface area contributed by atoms with Crippen LogP contribution in [0, 0.1) is 0 Å². The van der Waals surface area contributed by atoms with Crippen LogP contribution in [-0.2, 0) is 0 Å². The van der Waals surface area contributed by atoms with Crippen molar-refractivity contribution in [2.45, 2.75) is 4.90 Å². The molecule has 3 rings (SSSR count). The summed E-state index contributed by atoms with van der Waals surface area (Å²) in [4.78, 5) is 4.09. The Morgan fingerprint density at radius 3 is 2.93 bits per heavy atom. The lowest BCUT2D eigenvalue weighted by molar-refractivity contribution is 0.616. The Bertz CT molecular complexity index is 609. The van der Waals surface area contributed by atoms with Gasteiger partial charge < -0.3 is 9.40 Å². The topological polar surface area (TPSA) is 28.9 Å². The van der Waals surface area contributed by atoms with Crippen molar-refractivity contribution in [2.24, 2.45) is 0 Å². The van der Waals surface area contributed by atoms with E-state index in [1.54, 1.807) is 6.26 Å². The molecule has 0 saturated carbocycles. The van der Waals surface area contributed by atoms with Crippen LogP contribution in [0.2, 0.25) is 0 Å². The fourth-order valence-electron chi connectivity index (χ4n) is 1.74. The quantitative estimate of drug-likeness (QED) is 0.595. The molecule has 0 aliphatic heterocycles. The van der Waals surface area contributed by atoms with Gasteiger partial charge in [0.05, 0.1) is 12.0 Å². The molecule has 0 unspecified atom stereocenters. The fraction of sp³-hybridized carbons (Fsp3) is 0. The molecule has 1 N–H and O–H groups in total. The minimum Gasteiger partial charge on any atom is -0.464 e. The Morgan fingerprint density at radius 1 is 1.20 bits per heavy atom. The van der Waals surface area contributed by atoms with Gasteiger partial charge in [0.1, 0.15) is 5.58 Å². The summed E-state index contributed by atoms with van der Waals surface area (Å²) in [5.74, 6) is 0. The normalized spacial score (nSPS) is 11.0. The van der Waals surface area contributed by atoms with Crippen LogP contribution in [0.15, 0.2) is 52.1 Å². The molecule has 0 fully saturated rings. The maximum atomic E-state index is 5.47. The van der Waals surface area contributed by atoms with Gasteiger partial charge in [0.25, 0.3) is 0 Å². The monoisotopic (exact) mass is 215 g/mol. The largest absolute Gasteiger partial charge is 0.464 e. The zero-order chi connectivity index (χ0) is 10.3. The molecular formula is C12H9NOS. The Morgan fingerprint density at radius 2 is 2.13 bits per heavy atom. The standard InChI is InChI=1S/C12H9NOS/c15-9-6-11(13-7-9)10-3-1-2-8-4-5-14-12(8)10/h1-7,13,15H. The number of hydrogen-bond donors (Lipinski definition) is 2. The van der Waals surface area contributed by atoms with E-state index in [9.17, 15) is 0 Å². The number of aromatic nitrogens is 1. The van der Waals surface area contributed by atoms with E-state index in [1.165, 1.54) is 0 Å². The second-order valence-corrected chi connectivity index (χ2v) is 3.93. The Kier molecular flexibility index (Phi) is 1.86. The third-order valence-corrected chi connectivity index (χ3v) is 2.70. The van der Waals surface area contributed by atoms with Crippen LogP contribution >= 0.6 is 12.6 Å². The highest BCUT2D eigenvalue weighted by Crippen LogP contribution is 2.29. The van der Waals surface area contributed by atoms with Crippen molar-refractivity contribution in [1.29, 1.82) is 0 Å². The van der Waals surface area contributed by atoms with E-state index >= 15 is 0 Å². The molecule has 2 aromatic heterocycles. The number of para-hydroxylation sites is 1. The van der Waals surface area contributed by atoms with Crippen LogP contribution < -0.4 is 0 Å². The van der Waals surface area contributed by atoms with Gasteiger partial charge in [-0.1, -0.05) is 12.1 Å². The lowest BCUT2D eigenvalue weighted by atomic mass is 10.1. The van der Waals surface area contributed by atoms with E-state index < -0.39 is 0 Å². The van der Waals surface area contributed by atoms with Crippen LogP contribution in [0.3, 0.4) is 0 Å². The van der Waals surface area contributed by atoms with E-state index in [-0.39, 0.29) is 0 Å². The Hall–Kier alpha value is -1.61. The highest BCUT2D eigenvalue weighted by atomic mass is 32.1. The first-order valence-corrected chi connectivity index (χ1v) is 5.13. The van der Waals surface area contributed by atoms with Crippen molar-refractivity contribution >= 4 is 23.6 Å². The van der Waals surface area contributed by atoms with Gasteiger partial charge in [0.2, 0.25) is 0 Å². The molecule has 3 aromatic rings. The summed E-state index contributed by atoms with van der Waals surface area (Å²) in [5.41, 5.74) is 3.01. The van der Waals surface area contributed by atoms with Crippen molar-refractivity contribution in [3.05, 3.63) is 42.8 Å². The average Bonchev–Trinajstić information content (AvgIpc) is 2.84. The molecule has 2 nitrogen and oxygen atoms in total. The molecule has 0 atom stereocenters. The Labute approximate surface area is 92.3 Å². The molecule has 0 bridgehead atoms. The van der Waals surface area contributed by atoms with Gasteiger partial charge in [-0.05, 0) is 18.2 Å². The van der Waals surface area contributed by atoms with Gasteiger partial charge >= 0.3 is 0 Å². The summed E-state index contributed by atoms with van der Waals surface area (Å²) in [7, 11) is 0. The summed E-state index contributed by atoms with van der Waals surface area (Å²) >= 11 is 4.27. The molecule has 15 heavy (non-hydrogen) atoms. The minimum absolute atomic E-state index is 0.910.